The molecular weight excluding hydrogens is 498 g/mol. The van der Waals surface area contributed by atoms with Crippen molar-refractivity contribution in [3.05, 3.63) is 62.4 Å². The van der Waals surface area contributed by atoms with Crippen molar-refractivity contribution in [3.63, 3.8) is 0 Å². The molecule has 0 bridgehead atoms. The molecule has 36 heavy (non-hydrogen) atoms. The summed E-state index contributed by atoms with van der Waals surface area (Å²) in [5.74, 6) is -0.683. The summed E-state index contributed by atoms with van der Waals surface area (Å²) >= 11 is 2.56. The molecule has 3 heterocycles. The number of ether oxygens (including phenoxy) is 1. The number of hydrogen-bond acceptors (Lipinski definition) is 8. The van der Waals surface area contributed by atoms with E-state index in [9.17, 15) is 14.4 Å². The van der Waals surface area contributed by atoms with Crippen molar-refractivity contribution < 1.29 is 14.3 Å². The molecule has 3 aromatic heterocycles. The molecule has 11 heteroatoms. The summed E-state index contributed by atoms with van der Waals surface area (Å²) in [4.78, 5) is 46.6. The van der Waals surface area contributed by atoms with Crippen molar-refractivity contribution in [2.24, 2.45) is 0 Å². The standard InChI is InChI=1S/C25H25N5O4S2/c1-3-34-24(33)20-15-9-5-7-11-18(15)36-23(20)27-19(31)13-35-25-28-21-16(22(32)29-25)12-26-30(21)17-10-6-4-8-14(17)2/h4,6,8,10,12H,3,5,7,9,11,13H2,1-2H3,(H,27,31)(H,28,29,32). The maximum Gasteiger partial charge on any atom is 0.341 e. The minimum Gasteiger partial charge on any atom is -0.462 e. The normalized spacial score (nSPS) is 12.9. The first-order valence-corrected chi connectivity index (χ1v) is 13.5. The summed E-state index contributed by atoms with van der Waals surface area (Å²) in [7, 11) is 0. The van der Waals surface area contributed by atoms with E-state index in [0.29, 0.717) is 26.8 Å². The van der Waals surface area contributed by atoms with Gasteiger partial charge in [0, 0.05) is 4.88 Å². The van der Waals surface area contributed by atoms with Gasteiger partial charge in [0.15, 0.2) is 10.8 Å². The summed E-state index contributed by atoms with van der Waals surface area (Å²) in [5, 5.41) is 8.46. The minimum absolute atomic E-state index is 0.0117. The van der Waals surface area contributed by atoms with Gasteiger partial charge in [-0.2, -0.15) is 5.10 Å². The van der Waals surface area contributed by atoms with Gasteiger partial charge in [-0.05, 0) is 56.7 Å². The predicted octanol–water partition coefficient (Wildman–Crippen LogP) is 4.27. The average Bonchev–Trinajstić information content (AvgIpc) is 3.45. The van der Waals surface area contributed by atoms with E-state index < -0.39 is 5.97 Å². The monoisotopic (exact) mass is 523 g/mol. The zero-order valence-electron chi connectivity index (χ0n) is 19.9. The van der Waals surface area contributed by atoms with E-state index in [1.54, 1.807) is 11.6 Å². The van der Waals surface area contributed by atoms with Gasteiger partial charge in [-0.25, -0.2) is 14.5 Å². The average molecular weight is 524 g/mol. The van der Waals surface area contributed by atoms with E-state index in [1.807, 2.05) is 31.2 Å². The van der Waals surface area contributed by atoms with Crippen LogP contribution >= 0.6 is 23.1 Å². The van der Waals surface area contributed by atoms with Crippen LogP contribution in [0.5, 0.6) is 0 Å². The Labute approximate surface area is 215 Å². The maximum absolute atomic E-state index is 12.8. The second-order valence-corrected chi connectivity index (χ2v) is 10.5. The Morgan fingerprint density at radius 1 is 1.25 bits per heavy atom. The number of aromatic amines is 1. The number of amides is 1. The van der Waals surface area contributed by atoms with Crippen molar-refractivity contribution in [2.45, 2.75) is 44.7 Å². The number of carbonyl (C=O) groups excluding carboxylic acids is 2. The molecular formula is C25H25N5O4S2. The first kappa shape index (κ1) is 24.3. The molecule has 0 unspecified atom stereocenters. The van der Waals surface area contributed by atoms with Crippen LogP contribution < -0.4 is 10.9 Å². The lowest BCUT2D eigenvalue weighted by atomic mass is 9.95. The first-order chi connectivity index (χ1) is 17.5. The highest BCUT2D eigenvalue weighted by Gasteiger charge is 2.27. The number of para-hydroxylation sites is 1. The molecule has 5 rings (SSSR count). The van der Waals surface area contributed by atoms with E-state index in [-0.39, 0.29) is 23.8 Å². The van der Waals surface area contributed by atoms with Crippen LogP contribution in [0.3, 0.4) is 0 Å². The number of nitrogens with one attached hydrogen (secondary N) is 2. The molecule has 1 aromatic carbocycles. The first-order valence-electron chi connectivity index (χ1n) is 11.7. The quantitative estimate of drug-likeness (QED) is 0.211. The zero-order valence-corrected chi connectivity index (χ0v) is 21.6. The van der Waals surface area contributed by atoms with Gasteiger partial charge in [0.1, 0.15) is 10.4 Å². The summed E-state index contributed by atoms with van der Waals surface area (Å²) in [6.45, 7) is 4.00. The Morgan fingerprint density at radius 2 is 2.06 bits per heavy atom. The topological polar surface area (TPSA) is 119 Å². The fourth-order valence-corrected chi connectivity index (χ4v) is 6.26. The molecule has 0 saturated heterocycles. The number of benzene rings is 1. The number of rotatable bonds is 7. The largest absolute Gasteiger partial charge is 0.462 e. The van der Waals surface area contributed by atoms with Crippen LogP contribution in [-0.4, -0.2) is 44.0 Å². The second kappa shape index (κ2) is 10.3. The van der Waals surface area contributed by atoms with Gasteiger partial charge in [0.25, 0.3) is 5.56 Å². The van der Waals surface area contributed by atoms with Crippen LogP contribution in [-0.2, 0) is 22.4 Å². The number of carbonyl (C=O) groups is 2. The van der Waals surface area contributed by atoms with Crippen LogP contribution in [0.15, 0.2) is 40.4 Å². The van der Waals surface area contributed by atoms with Crippen LogP contribution in [0.4, 0.5) is 5.00 Å². The number of hydrogen-bond donors (Lipinski definition) is 2. The highest BCUT2D eigenvalue weighted by Crippen LogP contribution is 2.38. The number of anilines is 1. The molecule has 4 aromatic rings. The Morgan fingerprint density at radius 3 is 2.86 bits per heavy atom. The minimum atomic E-state index is -0.402. The molecule has 2 N–H and O–H groups in total. The second-order valence-electron chi connectivity index (χ2n) is 8.42. The number of nitrogens with zero attached hydrogens (tertiary/aromatic N) is 3. The Kier molecular flexibility index (Phi) is 6.92. The van der Waals surface area contributed by atoms with Gasteiger partial charge in [-0.15, -0.1) is 11.3 Å². The molecule has 1 amide bonds. The van der Waals surface area contributed by atoms with Gasteiger partial charge in [-0.3, -0.25) is 9.59 Å². The van der Waals surface area contributed by atoms with Gasteiger partial charge in [0.05, 0.1) is 29.8 Å². The van der Waals surface area contributed by atoms with Crippen molar-refractivity contribution in [2.75, 3.05) is 17.7 Å². The molecule has 0 atom stereocenters. The number of aromatic nitrogens is 4. The highest BCUT2D eigenvalue weighted by atomic mass is 32.2. The van der Waals surface area contributed by atoms with E-state index in [2.05, 4.69) is 20.4 Å². The number of H-pyrrole nitrogens is 1. The Bertz CT molecular complexity index is 1520. The Hall–Kier alpha value is -3.44. The van der Waals surface area contributed by atoms with E-state index >= 15 is 0 Å². The third-order valence-corrected chi connectivity index (χ3v) is 8.08. The molecule has 0 fully saturated rings. The lowest BCUT2D eigenvalue weighted by Gasteiger charge is -2.12. The molecule has 1 aliphatic carbocycles. The van der Waals surface area contributed by atoms with Gasteiger partial charge < -0.3 is 15.0 Å². The van der Waals surface area contributed by atoms with Crippen LogP contribution in [0, 0.1) is 6.92 Å². The van der Waals surface area contributed by atoms with Crippen molar-refractivity contribution >= 4 is 51.0 Å². The molecule has 9 nitrogen and oxygen atoms in total. The van der Waals surface area contributed by atoms with Gasteiger partial charge in [0.2, 0.25) is 5.91 Å². The lowest BCUT2D eigenvalue weighted by molar-refractivity contribution is -0.113. The smallest absolute Gasteiger partial charge is 0.341 e. The SMILES string of the molecule is CCOC(=O)c1c(NC(=O)CSc2nc3c(cnn3-c3ccccc3C)c(=O)[nH]2)sc2c1CCCC2. The molecule has 0 aliphatic heterocycles. The van der Waals surface area contributed by atoms with Crippen LogP contribution in [0.2, 0.25) is 0 Å². The van der Waals surface area contributed by atoms with E-state index in [1.165, 1.54) is 17.5 Å². The number of aryl methyl sites for hydroxylation is 2. The number of esters is 1. The fourth-order valence-electron chi connectivity index (χ4n) is 4.31. The number of fused-ring (bicyclic) bond motifs is 2. The van der Waals surface area contributed by atoms with E-state index in [0.717, 1.165) is 59.1 Å². The predicted molar refractivity (Wildman–Crippen MR) is 140 cm³/mol. The third-order valence-electron chi connectivity index (χ3n) is 6.00. The summed E-state index contributed by atoms with van der Waals surface area (Å²) in [6, 6.07) is 7.70. The van der Waals surface area contributed by atoms with E-state index in [4.69, 9.17) is 4.74 Å². The molecule has 0 radical (unpaired) electrons. The van der Waals surface area contributed by atoms with Gasteiger partial charge in [-0.1, -0.05) is 30.0 Å². The molecule has 1 aliphatic rings. The molecule has 0 saturated carbocycles. The number of thioether (sulfide) groups is 1. The van der Waals surface area contributed by atoms with Crippen molar-refractivity contribution in [1.29, 1.82) is 0 Å². The summed E-state index contributed by atoms with van der Waals surface area (Å²) < 4.78 is 6.89. The maximum atomic E-state index is 12.8. The lowest BCUT2D eigenvalue weighted by Crippen LogP contribution is -2.18. The molecule has 186 valence electrons. The third kappa shape index (κ3) is 4.68. The Balaban J connectivity index is 1.36. The van der Waals surface area contributed by atoms with Crippen LogP contribution in [0.1, 0.15) is 46.1 Å². The van der Waals surface area contributed by atoms with Crippen molar-refractivity contribution in [3.8, 4) is 5.69 Å². The van der Waals surface area contributed by atoms with Gasteiger partial charge >= 0.3 is 5.97 Å². The fraction of sp³-hybridized carbons (Fsp3) is 0.320. The summed E-state index contributed by atoms with van der Waals surface area (Å²) in [6.07, 6.45) is 5.28. The summed E-state index contributed by atoms with van der Waals surface area (Å²) in [5.41, 5.74) is 3.39. The van der Waals surface area contributed by atoms with Crippen LogP contribution in [0.25, 0.3) is 16.7 Å². The highest BCUT2D eigenvalue weighted by molar-refractivity contribution is 7.99. The zero-order chi connectivity index (χ0) is 25.2. The number of thiophene rings is 1. The molecule has 0 spiro atoms. The van der Waals surface area contributed by atoms with Crippen molar-refractivity contribution in [1.82, 2.24) is 19.7 Å².